The lowest BCUT2D eigenvalue weighted by Gasteiger charge is -2.13. The summed E-state index contributed by atoms with van der Waals surface area (Å²) in [4.78, 5) is 45.1. The highest BCUT2D eigenvalue weighted by Gasteiger charge is 2.39. The van der Waals surface area contributed by atoms with Crippen LogP contribution in [0.15, 0.2) is 81.5 Å². The van der Waals surface area contributed by atoms with Gasteiger partial charge in [-0.25, -0.2) is 9.67 Å². The Morgan fingerprint density at radius 1 is 1.17 bits per heavy atom. The third-order valence-corrected chi connectivity index (χ3v) is 7.27. The first-order valence-electron chi connectivity index (χ1n) is 10.9. The number of nitrogens with one attached hydrogen (secondary N) is 1. The lowest BCUT2D eigenvalue weighted by Crippen LogP contribution is -2.33. The maximum absolute atomic E-state index is 13.3. The van der Waals surface area contributed by atoms with Crippen LogP contribution in [0, 0.1) is 6.92 Å². The van der Waals surface area contributed by atoms with Crippen LogP contribution in [0.3, 0.4) is 0 Å². The van der Waals surface area contributed by atoms with Gasteiger partial charge in [-0.2, -0.15) is 0 Å². The van der Waals surface area contributed by atoms with Gasteiger partial charge < -0.3 is 5.32 Å². The minimum absolute atomic E-state index is 0.0196. The monoisotopic (exact) mass is 553 g/mol. The fraction of sp³-hybridized carbons (Fsp3) is 0.200. The maximum atomic E-state index is 13.3. The summed E-state index contributed by atoms with van der Waals surface area (Å²) in [5, 5.41) is 2.54. The minimum Gasteiger partial charge on any atom is -0.326 e. The molecule has 2 aromatic carbocycles. The Labute approximate surface area is 215 Å². The second kappa shape index (κ2) is 10.5. The first-order valence-corrected chi connectivity index (χ1v) is 12.5. The molecule has 0 spiro atoms. The third-order valence-electron chi connectivity index (χ3n) is 5.56. The number of hydrogen-bond acceptors (Lipinski definition) is 5. The van der Waals surface area contributed by atoms with E-state index in [0.717, 1.165) is 10.2 Å². The molecule has 2 amide bonds. The van der Waals surface area contributed by atoms with Gasteiger partial charge in [0.2, 0.25) is 11.8 Å². The van der Waals surface area contributed by atoms with E-state index in [2.05, 4.69) is 32.8 Å². The van der Waals surface area contributed by atoms with Gasteiger partial charge in [-0.15, -0.1) is 6.58 Å². The number of para-hydroxylation sites is 1. The van der Waals surface area contributed by atoms with E-state index >= 15 is 0 Å². The van der Waals surface area contributed by atoms with Crippen molar-refractivity contribution < 1.29 is 9.59 Å². The summed E-state index contributed by atoms with van der Waals surface area (Å²) < 4.78 is 4.18. The van der Waals surface area contributed by atoms with Gasteiger partial charge in [-0.05, 0) is 43.3 Å². The maximum Gasteiger partial charge on any atom is 0.297 e. The number of anilines is 1. The Hall–Kier alpha value is -3.37. The molecule has 1 fully saturated rings. The Bertz CT molecular complexity index is 1360. The molecule has 1 atom stereocenters. The summed E-state index contributed by atoms with van der Waals surface area (Å²) in [6, 6.07) is 16.5. The smallest absolute Gasteiger partial charge is 0.297 e. The van der Waals surface area contributed by atoms with Crippen LogP contribution in [0.4, 0.5) is 11.4 Å². The fourth-order valence-corrected chi connectivity index (χ4v) is 5.13. The number of rotatable bonds is 7. The van der Waals surface area contributed by atoms with Crippen molar-refractivity contribution in [3.8, 4) is 5.69 Å². The van der Waals surface area contributed by atoms with Crippen molar-refractivity contribution in [1.29, 1.82) is 0 Å². The average molecular weight is 554 g/mol. The minimum atomic E-state index is -0.649. The highest BCUT2D eigenvalue weighted by molar-refractivity contribution is 9.10. The number of hydrogen-bond donors (Lipinski definition) is 1. The van der Waals surface area contributed by atoms with E-state index < -0.39 is 5.25 Å². The van der Waals surface area contributed by atoms with Gasteiger partial charge in [0.05, 0.1) is 11.4 Å². The number of nitrogens with zero attached hydrogens (tertiary/aromatic N) is 4. The lowest BCUT2D eigenvalue weighted by molar-refractivity contribution is -0.127. The molecule has 3 aromatic rings. The van der Waals surface area contributed by atoms with Gasteiger partial charge >= 0.3 is 0 Å². The van der Waals surface area contributed by atoms with E-state index in [1.54, 1.807) is 29.9 Å². The average Bonchev–Trinajstić information content (AvgIpc) is 3.24. The summed E-state index contributed by atoms with van der Waals surface area (Å²) in [5.74, 6) is -0.517. The lowest BCUT2D eigenvalue weighted by atomic mass is 10.2. The molecule has 2 heterocycles. The number of carbonyl (C=O) groups excluding carboxylic acids is 2. The fourth-order valence-electron chi connectivity index (χ4n) is 3.71. The highest BCUT2D eigenvalue weighted by atomic mass is 79.9. The van der Waals surface area contributed by atoms with Crippen LogP contribution < -0.4 is 10.9 Å². The number of halogens is 1. The van der Waals surface area contributed by atoms with Crippen molar-refractivity contribution in [1.82, 2.24) is 14.3 Å². The van der Waals surface area contributed by atoms with E-state index in [0.29, 0.717) is 16.5 Å². The highest BCUT2D eigenvalue weighted by Crippen LogP contribution is 2.32. The molecule has 0 aliphatic carbocycles. The predicted octanol–water partition coefficient (Wildman–Crippen LogP) is 4.39. The normalized spacial score (nSPS) is 16.7. The third kappa shape index (κ3) is 5.18. The molecule has 1 aromatic heterocycles. The number of amidine groups is 1. The van der Waals surface area contributed by atoms with Gasteiger partial charge in [0.15, 0.2) is 10.9 Å². The summed E-state index contributed by atoms with van der Waals surface area (Å²) in [5.41, 5.74) is 1.99. The molecule has 0 bridgehead atoms. The Balaban J connectivity index is 1.61. The first-order chi connectivity index (χ1) is 16.8. The molecule has 0 saturated carbocycles. The van der Waals surface area contributed by atoms with Gasteiger partial charge in [0, 0.05) is 30.2 Å². The van der Waals surface area contributed by atoms with Crippen LogP contribution in [0.5, 0.6) is 0 Å². The molecule has 1 N–H and O–H groups in total. The second-order valence-electron chi connectivity index (χ2n) is 7.91. The SMILES string of the molecule is C=CCN1C(=O)[C@@H](CC(=O)Nc2ccc(Br)cc2)SC1=Nc1c(C)n(C)n(-c2ccccc2)c1=O. The van der Waals surface area contributed by atoms with Crippen LogP contribution >= 0.6 is 27.7 Å². The largest absolute Gasteiger partial charge is 0.326 e. The van der Waals surface area contributed by atoms with Gasteiger partial charge in [0.1, 0.15) is 5.25 Å². The van der Waals surface area contributed by atoms with Gasteiger partial charge in [-0.3, -0.25) is 24.0 Å². The van der Waals surface area contributed by atoms with Crippen molar-refractivity contribution in [3.05, 3.63) is 87.8 Å². The Kier molecular flexibility index (Phi) is 7.42. The molecule has 8 nitrogen and oxygen atoms in total. The van der Waals surface area contributed by atoms with E-state index in [1.165, 1.54) is 21.3 Å². The molecule has 1 aliphatic rings. The molecule has 4 rings (SSSR count). The summed E-state index contributed by atoms with van der Waals surface area (Å²) in [7, 11) is 1.79. The molecule has 1 saturated heterocycles. The summed E-state index contributed by atoms with van der Waals surface area (Å²) in [6.07, 6.45) is 1.58. The zero-order valence-electron chi connectivity index (χ0n) is 19.3. The van der Waals surface area contributed by atoms with Crippen molar-refractivity contribution >= 4 is 56.0 Å². The van der Waals surface area contributed by atoms with Crippen LogP contribution in [0.25, 0.3) is 5.69 Å². The molecule has 0 unspecified atom stereocenters. The predicted molar refractivity (Wildman–Crippen MR) is 144 cm³/mol. The number of carbonyl (C=O) groups is 2. The molecule has 180 valence electrons. The number of benzene rings is 2. The molecule has 35 heavy (non-hydrogen) atoms. The quantitative estimate of drug-likeness (QED) is 0.439. The molecule has 1 aliphatic heterocycles. The number of amides is 2. The summed E-state index contributed by atoms with van der Waals surface area (Å²) in [6.45, 7) is 5.77. The van der Waals surface area contributed by atoms with Crippen molar-refractivity contribution in [2.45, 2.75) is 18.6 Å². The summed E-state index contributed by atoms with van der Waals surface area (Å²) >= 11 is 4.55. The van der Waals surface area contributed by atoms with E-state index in [1.807, 2.05) is 49.4 Å². The zero-order chi connectivity index (χ0) is 25.1. The standard InChI is InChI=1S/C25H24BrN5O3S/c1-4-14-30-23(33)20(15-21(32)27-18-12-10-17(26)11-13-18)35-25(30)28-22-16(2)29(3)31(24(22)34)19-8-6-5-7-9-19/h4-13,20H,1,14-15H2,2-3H3,(H,27,32)/t20-/m1/s1. The molecular weight excluding hydrogens is 530 g/mol. The van der Waals surface area contributed by atoms with Crippen LogP contribution in [-0.4, -0.2) is 43.0 Å². The van der Waals surface area contributed by atoms with Crippen LogP contribution in [0.1, 0.15) is 12.1 Å². The van der Waals surface area contributed by atoms with Gasteiger partial charge in [0.25, 0.3) is 5.56 Å². The van der Waals surface area contributed by atoms with E-state index in [9.17, 15) is 14.4 Å². The zero-order valence-corrected chi connectivity index (χ0v) is 21.7. The number of thioether (sulfide) groups is 1. The molecule has 0 radical (unpaired) electrons. The number of aromatic nitrogens is 2. The van der Waals surface area contributed by atoms with Crippen LogP contribution in [-0.2, 0) is 16.6 Å². The Morgan fingerprint density at radius 3 is 2.51 bits per heavy atom. The second-order valence-corrected chi connectivity index (χ2v) is 9.99. The number of aliphatic imine (C=N–C) groups is 1. The van der Waals surface area contributed by atoms with E-state index in [4.69, 9.17) is 0 Å². The molecule has 10 heteroatoms. The Morgan fingerprint density at radius 2 is 1.86 bits per heavy atom. The van der Waals surface area contributed by atoms with Crippen molar-refractivity contribution in [2.24, 2.45) is 12.0 Å². The molecular formula is C25H24BrN5O3S. The van der Waals surface area contributed by atoms with Crippen molar-refractivity contribution in [3.63, 3.8) is 0 Å². The van der Waals surface area contributed by atoms with Crippen LogP contribution in [0.2, 0.25) is 0 Å². The van der Waals surface area contributed by atoms with Gasteiger partial charge in [-0.1, -0.05) is 52.0 Å². The van der Waals surface area contributed by atoms with Crippen molar-refractivity contribution in [2.75, 3.05) is 11.9 Å². The first kappa shape index (κ1) is 24.7. The topological polar surface area (TPSA) is 88.7 Å². The van der Waals surface area contributed by atoms with E-state index in [-0.39, 0.29) is 36.0 Å².